The maximum atomic E-state index is 14.0. The van der Waals surface area contributed by atoms with Gasteiger partial charge in [-0.2, -0.15) is 0 Å². The number of nitrogens with two attached hydrogens (primary N) is 1. The summed E-state index contributed by atoms with van der Waals surface area (Å²) in [5.41, 5.74) is 3.17. The molecule has 0 radical (unpaired) electrons. The van der Waals surface area contributed by atoms with Crippen molar-refractivity contribution in [3.05, 3.63) is 39.7 Å². The van der Waals surface area contributed by atoms with Crippen molar-refractivity contribution < 1.29 is 43.2 Å². The van der Waals surface area contributed by atoms with E-state index < -0.39 is 68.1 Å². The number of likely N-dealkylation sites (N-methyl/N-ethyl adjacent to an activating group) is 1. The minimum atomic E-state index is -3.40. The monoisotopic (exact) mass is 592 g/mol. The molecule has 0 aliphatic heterocycles. The molecular weight excluding hydrogens is 556 g/mol. The number of nitrogens with one attached hydrogen (secondary N) is 1. The van der Waals surface area contributed by atoms with E-state index in [2.05, 4.69) is 4.72 Å². The van der Waals surface area contributed by atoms with Gasteiger partial charge in [0.2, 0.25) is 15.8 Å². The van der Waals surface area contributed by atoms with Crippen LogP contribution in [-0.4, -0.2) is 104 Å². The number of nitrogens with zero attached hydrogens (tertiary/aromatic N) is 2. The van der Waals surface area contributed by atoms with Crippen LogP contribution >= 0.6 is 0 Å². The Morgan fingerprint density at radius 3 is 2.34 bits per heavy atom. The number of fused-ring (bicyclic) bond motifs is 3. The molecule has 0 heterocycles. The standard InChI is InChI=1S/C27H36N4O9S/c1-30(2)16-11-12(7-6-8-29-41(5,39)40)21(32)18-14(16)9-13-10-15-20(31(3)4)23(34)19(26(28)37)25(36)27(15,38)24(35)17(13)22(18)33/h11,13,15,20,29,32-33,36,38H,6-10H2,1-5H3,(H2,28,37)/t13-,15+,20-,27-/m0/s1. The molecule has 3 aliphatic carbocycles. The molecule has 0 spiro atoms. The second-order valence-electron chi connectivity index (χ2n) is 11.4. The maximum absolute atomic E-state index is 14.0. The molecule has 7 N–H and O–H groups in total. The van der Waals surface area contributed by atoms with E-state index in [4.69, 9.17) is 5.73 Å². The van der Waals surface area contributed by atoms with E-state index in [-0.39, 0.29) is 42.7 Å². The zero-order valence-electron chi connectivity index (χ0n) is 23.6. The first-order valence-corrected chi connectivity index (χ1v) is 15.0. The second-order valence-corrected chi connectivity index (χ2v) is 13.2. The predicted molar refractivity (Wildman–Crippen MR) is 150 cm³/mol. The Labute approximate surface area is 238 Å². The van der Waals surface area contributed by atoms with Crippen LogP contribution in [0, 0.1) is 11.8 Å². The molecule has 4 rings (SSSR count). The third kappa shape index (κ3) is 4.88. The second kappa shape index (κ2) is 10.4. The van der Waals surface area contributed by atoms with Gasteiger partial charge in [-0.05, 0) is 62.9 Å². The van der Waals surface area contributed by atoms with Crippen molar-refractivity contribution in [1.29, 1.82) is 0 Å². The van der Waals surface area contributed by atoms with Crippen molar-refractivity contribution >= 4 is 38.9 Å². The lowest BCUT2D eigenvalue weighted by Crippen LogP contribution is -2.65. The molecule has 224 valence electrons. The number of sulfonamides is 1. The molecule has 0 saturated heterocycles. The molecule has 1 saturated carbocycles. The SMILES string of the molecule is CN(C)c1cc(CCCNS(C)(=O)=O)c(O)c2c1C[C@H]1C[C@@H]3[C@H](N(C)C)C(=O)C(C(N)=O)=C(O)[C@@]3(O)C(=O)C1=C2O. The van der Waals surface area contributed by atoms with E-state index in [0.717, 1.165) is 6.26 Å². The van der Waals surface area contributed by atoms with Crippen molar-refractivity contribution in [2.75, 3.05) is 45.9 Å². The van der Waals surface area contributed by atoms with Crippen molar-refractivity contribution in [2.24, 2.45) is 17.6 Å². The number of aryl methyl sites for hydroxylation is 1. The van der Waals surface area contributed by atoms with Gasteiger partial charge in [-0.15, -0.1) is 0 Å². The van der Waals surface area contributed by atoms with E-state index in [0.29, 0.717) is 23.2 Å². The molecule has 4 atom stereocenters. The van der Waals surface area contributed by atoms with E-state index in [1.807, 2.05) is 0 Å². The van der Waals surface area contributed by atoms with E-state index in [1.165, 1.54) is 4.90 Å². The number of hydrogen-bond donors (Lipinski definition) is 6. The first-order valence-electron chi connectivity index (χ1n) is 13.1. The van der Waals surface area contributed by atoms with Crippen LogP contribution in [0.2, 0.25) is 0 Å². The molecule has 1 aromatic carbocycles. The predicted octanol–water partition coefficient (Wildman–Crippen LogP) is -0.488. The number of aromatic hydroxyl groups is 1. The Morgan fingerprint density at radius 1 is 1.17 bits per heavy atom. The van der Waals surface area contributed by atoms with Gasteiger partial charge in [0.1, 0.15) is 22.8 Å². The number of carbonyl (C=O) groups excluding carboxylic acids is 3. The van der Waals surface area contributed by atoms with Gasteiger partial charge in [0.15, 0.2) is 11.4 Å². The third-order valence-corrected chi connectivity index (χ3v) is 8.97. The summed E-state index contributed by atoms with van der Waals surface area (Å²) in [5, 5.41) is 45.5. The number of aliphatic hydroxyl groups is 3. The number of phenols is 1. The van der Waals surface area contributed by atoms with Gasteiger partial charge in [0.05, 0.1) is 17.9 Å². The Morgan fingerprint density at radius 2 is 1.80 bits per heavy atom. The number of Topliss-reactive ketones (excluding diaryl/α,β-unsaturated/α-hetero) is 2. The van der Waals surface area contributed by atoms with E-state index in [9.17, 15) is 43.2 Å². The summed E-state index contributed by atoms with van der Waals surface area (Å²) in [5.74, 6) is -7.02. The molecule has 0 unspecified atom stereocenters. The van der Waals surface area contributed by atoms with Crippen molar-refractivity contribution in [3.8, 4) is 5.75 Å². The molecule has 1 amide bonds. The smallest absolute Gasteiger partial charge is 0.255 e. The summed E-state index contributed by atoms with van der Waals surface area (Å²) < 4.78 is 25.2. The number of phenolic OH excluding ortho intramolecular Hbond substituents is 1. The van der Waals surface area contributed by atoms with E-state index in [1.54, 1.807) is 39.2 Å². The number of rotatable bonds is 8. The number of benzene rings is 1. The average Bonchev–Trinajstić information content (AvgIpc) is 2.83. The first kappa shape index (κ1) is 30.5. The maximum Gasteiger partial charge on any atom is 0.255 e. The van der Waals surface area contributed by atoms with Crippen LogP contribution in [0.1, 0.15) is 29.5 Å². The first-order chi connectivity index (χ1) is 18.9. The number of primary amides is 1. The summed E-state index contributed by atoms with van der Waals surface area (Å²) in [7, 11) is 3.24. The molecule has 1 aromatic rings. The lowest BCUT2D eigenvalue weighted by atomic mass is 9.57. The zero-order valence-corrected chi connectivity index (χ0v) is 24.4. The quantitative estimate of drug-likeness (QED) is 0.167. The van der Waals surface area contributed by atoms with Crippen molar-refractivity contribution in [3.63, 3.8) is 0 Å². The molecule has 0 bridgehead atoms. The van der Waals surface area contributed by atoms with E-state index >= 15 is 0 Å². The lowest BCUT2D eigenvalue weighted by Gasteiger charge is -2.50. The molecule has 13 nitrogen and oxygen atoms in total. The fraction of sp³-hybridized carbons (Fsp3) is 0.519. The van der Waals surface area contributed by atoms with Crippen LogP contribution in [0.3, 0.4) is 0 Å². The highest BCUT2D eigenvalue weighted by Crippen LogP contribution is 2.54. The number of carbonyl (C=O) groups is 3. The van der Waals surface area contributed by atoms with Gasteiger partial charge in [-0.3, -0.25) is 19.3 Å². The highest BCUT2D eigenvalue weighted by molar-refractivity contribution is 7.88. The topological polar surface area (TPSA) is 211 Å². The van der Waals surface area contributed by atoms with Gasteiger partial charge in [0.25, 0.3) is 5.91 Å². The summed E-state index contributed by atoms with van der Waals surface area (Å²) in [6.45, 7) is 0.119. The Hall–Kier alpha value is -3.46. The van der Waals surface area contributed by atoms with Crippen LogP contribution in [-0.2, 0) is 37.2 Å². The van der Waals surface area contributed by atoms with Gasteiger partial charge >= 0.3 is 0 Å². The largest absolute Gasteiger partial charge is 0.508 e. The van der Waals surface area contributed by atoms with Gasteiger partial charge < -0.3 is 31.1 Å². The molecule has 0 aromatic heterocycles. The Kier molecular flexibility index (Phi) is 7.75. The van der Waals surface area contributed by atoms with Crippen LogP contribution in [0.25, 0.3) is 5.76 Å². The molecule has 3 aliphatic rings. The normalized spacial score (nSPS) is 26.2. The number of amides is 1. The van der Waals surface area contributed by atoms with Gasteiger partial charge in [-0.25, -0.2) is 13.1 Å². The van der Waals surface area contributed by atoms with Crippen LogP contribution < -0.4 is 15.4 Å². The summed E-state index contributed by atoms with van der Waals surface area (Å²) in [4.78, 5) is 42.6. The molecule has 1 fully saturated rings. The average molecular weight is 593 g/mol. The van der Waals surface area contributed by atoms with Gasteiger partial charge in [-0.1, -0.05) is 0 Å². The Bertz CT molecular complexity index is 1510. The number of anilines is 1. The number of ketones is 2. The van der Waals surface area contributed by atoms with Crippen LogP contribution in [0.5, 0.6) is 5.75 Å². The molecule has 41 heavy (non-hydrogen) atoms. The zero-order chi connectivity index (χ0) is 30.8. The minimum Gasteiger partial charge on any atom is -0.508 e. The Balaban J connectivity index is 1.88. The van der Waals surface area contributed by atoms with Crippen LogP contribution in [0.15, 0.2) is 23.0 Å². The van der Waals surface area contributed by atoms with Crippen LogP contribution in [0.4, 0.5) is 5.69 Å². The fourth-order valence-corrected chi connectivity index (χ4v) is 6.99. The van der Waals surface area contributed by atoms with Gasteiger partial charge in [0, 0.05) is 37.8 Å². The number of aliphatic hydroxyl groups excluding tert-OH is 2. The summed E-state index contributed by atoms with van der Waals surface area (Å²) in [6.07, 6.45) is 1.79. The minimum absolute atomic E-state index is 0.00133. The molecule has 14 heteroatoms. The highest BCUT2D eigenvalue weighted by atomic mass is 32.2. The number of hydrogen-bond acceptors (Lipinski definition) is 11. The third-order valence-electron chi connectivity index (χ3n) is 8.25. The van der Waals surface area contributed by atoms with Crippen molar-refractivity contribution in [2.45, 2.75) is 37.3 Å². The summed E-state index contributed by atoms with van der Waals surface area (Å²) >= 11 is 0. The lowest BCUT2D eigenvalue weighted by molar-refractivity contribution is -0.153. The fourth-order valence-electron chi connectivity index (χ4n) is 6.47. The molecular formula is C27H36N4O9S. The highest BCUT2D eigenvalue weighted by Gasteiger charge is 2.64. The van der Waals surface area contributed by atoms with Crippen molar-refractivity contribution in [1.82, 2.24) is 9.62 Å². The summed E-state index contributed by atoms with van der Waals surface area (Å²) in [6, 6.07) is 0.589.